The van der Waals surface area contributed by atoms with Crippen LogP contribution in [0, 0.1) is 13.8 Å². The van der Waals surface area contributed by atoms with Crippen molar-refractivity contribution in [2.45, 2.75) is 26.8 Å². The van der Waals surface area contributed by atoms with E-state index in [0.29, 0.717) is 6.42 Å². The maximum absolute atomic E-state index is 12.2. The highest BCUT2D eigenvalue weighted by molar-refractivity contribution is 5.90. The number of amides is 1. The van der Waals surface area contributed by atoms with Crippen LogP contribution in [0.4, 0.5) is 11.4 Å². The van der Waals surface area contributed by atoms with E-state index < -0.39 is 0 Å². The van der Waals surface area contributed by atoms with Gasteiger partial charge in [0, 0.05) is 61.9 Å². The smallest absolute Gasteiger partial charge is 0.226 e. The first-order valence-corrected chi connectivity index (χ1v) is 8.99. The number of nitrogens with one attached hydrogen (secondary N) is 1. The van der Waals surface area contributed by atoms with E-state index >= 15 is 0 Å². The first kappa shape index (κ1) is 17.5. The van der Waals surface area contributed by atoms with Crippen LogP contribution >= 0.6 is 0 Å². The number of aryl methyl sites for hydroxylation is 2. The molecule has 1 saturated heterocycles. The lowest BCUT2D eigenvalue weighted by atomic mass is 10.2. The number of piperazine rings is 1. The fourth-order valence-corrected chi connectivity index (χ4v) is 3.31. The number of hydrogen-bond acceptors (Lipinski definition) is 3. The average Bonchev–Trinajstić information content (AvgIpc) is 2.93. The SMILES string of the molecule is Cc1ccc(C)n1CCC(=O)Nc1ccc(N2CCN(C)CC2)cc1. The Bertz CT molecular complexity index is 692. The predicted molar refractivity (Wildman–Crippen MR) is 103 cm³/mol. The molecule has 25 heavy (non-hydrogen) atoms. The maximum Gasteiger partial charge on any atom is 0.226 e. The molecule has 1 amide bonds. The Labute approximate surface area is 150 Å². The highest BCUT2D eigenvalue weighted by atomic mass is 16.1. The Balaban J connectivity index is 1.52. The summed E-state index contributed by atoms with van der Waals surface area (Å²) < 4.78 is 2.18. The summed E-state index contributed by atoms with van der Waals surface area (Å²) in [5.74, 6) is 0.0554. The van der Waals surface area contributed by atoms with Crippen LogP contribution in [0.15, 0.2) is 36.4 Å². The van der Waals surface area contributed by atoms with Crippen molar-refractivity contribution in [1.82, 2.24) is 9.47 Å². The summed E-state index contributed by atoms with van der Waals surface area (Å²) in [6.07, 6.45) is 0.483. The average molecular weight is 340 g/mol. The molecule has 0 radical (unpaired) electrons. The molecule has 1 N–H and O–H groups in total. The van der Waals surface area contributed by atoms with Crippen LogP contribution in [0.2, 0.25) is 0 Å². The van der Waals surface area contributed by atoms with E-state index in [1.165, 1.54) is 17.1 Å². The first-order chi connectivity index (χ1) is 12.0. The number of likely N-dealkylation sites (N-methyl/N-ethyl adjacent to an activating group) is 1. The summed E-state index contributed by atoms with van der Waals surface area (Å²) >= 11 is 0. The summed E-state index contributed by atoms with van der Waals surface area (Å²) in [6, 6.07) is 12.4. The van der Waals surface area contributed by atoms with Crippen molar-refractivity contribution in [1.29, 1.82) is 0 Å². The third-order valence-electron chi connectivity index (χ3n) is 5.00. The van der Waals surface area contributed by atoms with Crippen molar-refractivity contribution in [3.8, 4) is 0 Å². The zero-order chi connectivity index (χ0) is 17.8. The fourth-order valence-electron chi connectivity index (χ4n) is 3.31. The molecule has 1 aromatic carbocycles. The number of carbonyl (C=O) groups is 1. The molecule has 1 aliphatic rings. The van der Waals surface area contributed by atoms with Crippen LogP contribution in [0.3, 0.4) is 0 Å². The van der Waals surface area contributed by atoms with Crippen LogP contribution in [0.1, 0.15) is 17.8 Å². The fraction of sp³-hybridized carbons (Fsp3) is 0.450. The minimum absolute atomic E-state index is 0.0554. The van der Waals surface area contributed by atoms with Gasteiger partial charge in [0.15, 0.2) is 0 Å². The highest BCUT2D eigenvalue weighted by Crippen LogP contribution is 2.19. The standard InChI is InChI=1S/C20H28N4O/c1-16-4-5-17(2)24(16)11-10-20(25)21-18-6-8-19(9-7-18)23-14-12-22(3)13-15-23/h4-9H,10-15H2,1-3H3,(H,21,25). The number of rotatable bonds is 5. The van der Waals surface area contributed by atoms with Gasteiger partial charge in [0.2, 0.25) is 5.91 Å². The van der Waals surface area contributed by atoms with E-state index in [0.717, 1.165) is 38.4 Å². The summed E-state index contributed by atoms with van der Waals surface area (Å²) in [5.41, 5.74) is 4.48. The molecule has 0 aliphatic carbocycles. The second-order valence-electron chi connectivity index (χ2n) is 6.90. The van der Waals surface area contributed by atoms with Gasteiger partial charge in [-0.1, -0.05) is 0 Å². The zero-order valence-corrected chi connectivity index (χ0v) is 15.5. The lowest BCUT2D eigenvalue weighted by Gasteiger charge is -2.34. The predicted octanol–water partition coefficient (Wildman–Crippen LogP) is 2.89. The monoisotopic (exact) mass is 340 g/mol. The summed E-state index contributed by atoms with van der Waals surface area (Å²) in [6.45, 7) is 9.16. The zero-order valence-electron chi connectivity index (χ0n) is 15.5. The number of benzene rings is 1. The molecular weight excluding hydrogens is 312 g/mol. The van der Waals surface area contributed by atoms with E-state index in [1.807, 2.05) is 12.1 Å². The van der Waals surface area contributed by atoms with Crippen molar-refractivity contribution in [3.05, 3.63) is 47.8 Å². The van der Waals surface area contributed by atoms with Crippen LogP contribution < -0.4 is 10.2 Å². The lowest BCUT2D eigenvalue weighted by molar-refractivity contribution is -0.116. The van der Waals surface area contributed by atoms with Crippen LogP contribution in [-0.2, 0) is 11.3 Å². The molecule has 3 rings (SSSR count). The van der Waals surface area contributed by atoms with Crippen LogP contribution in [-0.4, -0.2) is 48.6 Å². The topological polar surface area (TPSA) is 40.5 Å². The summed E-state index contributed by atoms with van der Waals surface area (Å²) in [5, 5.41) is 3.00. The Kier molecular flexibility index (Phi) is 5.43. The largest absolute Gasteiger partial charge is 0.369 e. The van der Waals surface area contributed by atoms with E-state index in [-0.39, 0.29) is 5.91 Å². The molecule has 1 fully saturated rings. The molecule has 0 atom stereocenters. The van der Waals surface area contributed by atoms with Crippen molar-refractivity contribution in [2.24, 2.45) is 0 Å². The number of hydrogen-bond donors (Lipinski definition) is 1. The normalized spacial score (nSPS) is 15.4. The van der Waals surface area contributed by atoms with Gasteiger partial charge in [-0.15, -0.1) is 0 Å². The molecule has 5 heteroatoms. The Morgan fingerprint density at radius 3 is 2.16 bits per heavy atom. The van der Waals surface area contributed by atoms with Gasteiger partial charge in [0.25, 0.3) is 0 Å². The molecule has 2 heterocycles. The van der Waals surface area contributed by atoms with Gasteiger partial charge in [0.05, 0.1) is 0 Å². The molecule has 5 nitrogen and oxygen atoms in total. The molecule has 0 bridgehead atoms. The van der Waals surface area contributed by atoms with Crippen LogP contribution in [0.25, 0.3) is 0 Å². The van der Waals surface area contributed by atoms with Gasteiger partial charge < -0.3 is 19.7 Å². The van der Waals surface area contributed by atoms with E-state index in [2.05, 4.69) is 64.8 Å². The number of anilines is 2. The second kappa shape index (κ2) is 7.74. The Morgan fingerprint density at radius 2 is 1.56 bits per heavy atom. The van der Waals surface area contributed by atoms with Gasteiger partial charge in [-0.25, -0.2) is 0 Å². The van der Waals surface area contributed by atoms with E-state index in [9.17, 15) is 4.79 Å². The highest BCUT2D eigenvalue weighted by Gasteiger charge is 2.14. The third kappa shape index (κ3) is 4.42. The molecule has 2 aromatic rings. The molecule has 0 spiro atoms. The van der Waals surface area contributed by atoms with Gasteiger partial charge in [0.1, 0.15) is 0 Å². The molecule has 134 valence electrons. The summed E-state index contributed by atoms with van der Waals surface area (Å²) in [7, 11) is 2.16. The van der Waals surface area contributed by atoms with Crippen molar-refractivity contribution in [2.75, 3.05) is 43.4 Å². The van der Waals surface area contributed by atoms with Gasteiger partial charge in [-0.3, -0.25) is 4.79 Å². The van der Waals surface area contributed by atoms with Crippen molar-refractivity contribution in [3.63, 3.8) is 0 Å². The maximum atomic E-state index is 12.2. The van der Waals surface area contributed by atoms with Gasteiger partial charge in [-0.05, 0) is 57.3 Å². The minimum atomic E-state index is 0.0554. The number of nitrogens with zero attached hydrogens (tertiary/aromatic N) is 3. The molecule has 0 saturated carbocycles. The minimum Gasteiger partial charge on any atom is -0.369 e. The Morgan fingerprint density at radius 1 is 0.960 bits per heavy atom. The van der Waals surface area contributed by atoms with Crippen molar-refractivity contribution < 1.29 is 4.79 Å². The number of aromatic nitrogens is 1. The quantitative estimate of drug-likeness (QED) is 0.910. The Hall–Kier alpha value is -2.27. The number of carbonyl (C=O) groups excluding carboxylic acids is 1. The first-order valence-electron chi connectivity index (χ1n) is 8.99. The van der Waals surface area contributed by atoms with Gasteiger partial charge in [-0.2, -0.15) is 0 Å². The lowest BCUT2D eigenvalue weighted by Crippen LogP contribution is -2.44. The van der Waals surface area contributed by atoms with Crippen molar-refractivity contribution >= 4 is 17.3 Å². The third-order valence-corrected chi connectivity index (χ3v) is 5.00. The van der Waals surface area contributed by atoms with E-state index in [4.69, 9.17) is 0 Å². The second-order valence-corrected chi connectivity index (χ2v) is 6.90. The molecule has 0 unspecified atom stereocenters. The molecular formula is C20H28N4O. The molecule has 1 aromatic heterocycles. The van der Waals surface area contributed by atoms with Gasteiger partial charge >= 0.3 is 0 Å². The summed E-state index contributed by atoms with van der Waals surface area (Å²) in [4.78, 5) is 17.0. The van der Waals surface area contributed by atoms with Crippen LogP contribution in [0.5, 0.6) is 0 Å². The molecule has 1 aliphatic heterocycles. The van der Waals surface area contributed by atoms with E-state index in [1.54, 1.807) is 0 Å².